The van der Waals surface area contributed by atoms with Gasteiger partial charge in [0.05, 0.1) is 12.3 Å². The van der Waals surface area contributed by atoms with Crippen LogP contribution in [-0.2, 0) is 0 Å². The number of nitrogens with zero attached hydrogens (tertiary/aromatic N) is 5. The lowest BCUT2D eigenvalue weighted by Gasteiger charge is -2.33. The summed E-state index contributed by atoms with van der Waals surface area (Å²) in [5.41, 5.74) is 3.05. The molecule has 0 bridgehead atoms. The van der Waals surface area contributed by atoms with Gasteiger partial charge in [0.2, 0.25) is 0 Å². The van der Waals surface area contributed by atoms with Crippen LogP contribution >= 0.6 is 0 Å². The summed E-state index contributed by atoms with van der Waals surface area (Å²) in [6, 6.07) is 14.4. The molecule has 1 unspecified atom stereocenters. The van der Waals surface area contributed by atoms with E-state index in [1.165, 1.54) is 5.56 Å². The minimum atomic E-state index is 0.278. The summed E-state index contributed by atoms with van der Waals surface area (Å²) in [5, 5.41) is 3.45. The summed E-state index contributed by atoms with van der Waals surface area (Å²) in [6.07, 6.45) is 3.51. The average Bonchev–Trinajstić information content (AvgIpc) is 2.84. The van der Waals surface area contributed by atoms with Gasteiger partial charge in [0, 0.05) is 56.5 Å². The van der Waals surface area contributed by atoms with E-state index < -0.39 is 0 Å². The van der Waals surface area contributed by atoms with E-state index in [4.69, 9.17) is 4.74 Å². The summed E-state index contributed by atoms with van der Waals surface area (Å²) in [6.45, 7) is 9.76. The van der Waals surface area contributed by atoms with Gasteiger partial charge in [0.15, 0.2) is 0 Å². The maximum Gasteiger partial charge on any atom is 0.129 e. The average molecular weight is 433 g/mol. The van der Waals surface area contributed by atoms with Crippen LogP contribution in [0.15, 0.2) is 55.0 Å². The van der Waals surface area contributed by atoms with Crippen LogP contribution < -0.4 is 15.0 Å². The van der Waals surface area contributed by atoms with E-state index in [1.807, 2.05) is 31.3 Å². The van der Waals surface area contributed by atoms with Crippen LogP contribution in [0.5, 0.6) is 5.75 Å². The van der Waals surface area contributed by atoms with Crippen molar-refractivity contribution < 1.29 is 4.74 Å². The molecular weight excluding hydrogens is 400 g/mol. The van der Waals surface area contributed by atoms with Gasteiger partial charge in [-0.3, -0.25) is 0 Å². The Balaban J connectivity index is 1.40. The lowest BCUT2D eigenvalue weighted by molar-refractivity contribution is 0.312. The Morgan fingerprint density at radius 1 is 1.03 bits per heavy atom. The van der Waals surface area contributed by atoms with E-state index in [2.05, 4.69) is 68.3 Å². The second-order valence-electron chi connectivity index (χ2n) is 8.24. The van der Waals surface area contributed by atoms with E-state index in [0.717, 1.165) is 61.4 Å². The smallest absolute Gasteiger partial charge is 0.129 e. The molecule has 0 saturated carbocycles. The molecule has 7 nitrogen and oxygen atoms in total. The summed E-state index contributed by atoms with van der Waals surface area (Å²) >= 11 is 0. The molecule has 1 aromatic carbocycles. The fraction of sp³-hybridized carbons (Fsp3) is 0.400. The number of rotatable bonds is 8. The van der Waals surface area contributed by atoms with Crippen LogP contribution in [0.25, 0.3) is 11.3 Å². The maximum atomic E-state index is 5.78. The number of ether oxygens (including phenoxy) is 1. The number of aromatic nitrogens is 3. The minimum absolute atomic E-state index is 0.278. The van der Waals surface area contributed by atoms with Crippen molar-refractivity contribution >= 4 is 11.6 Å². The standard InChI is InChI=1S/C25H32N6O/c1-4-32-23-8-6-5-7-21(23)19(2)16-26-24-15-22(28-18-29-24)20-9-10-25(27-17-20)31-13-11-30(3)12-14-31/h5-10,15,17-19H,4,11-14,16H2,1-3H3,(H,26,28,29). The molecule has 0 amide bonds. The third kappa shape index (κ3) is 5.34. The molecule has 2 aromatic heterocycles. The molecule has 0 aliphatic carbocycles. The molecule has 168 valence electrons. The molecule has 0 spiro atoms. The van der Waals surface area contributed by atoms with Crippen molar-refractivity contribution in [1.82, 2.24) is 19.9 Å². The van der Waals surface area contributed by atoms with Gasteiger partial charge in [-0.25, -0.2) is 15.0 Å². The molecular formula is C25H32N6O. The van der Waals surface area contributed by atoms with Crippen molar-refractivity contribution in [2.24, 2.45) is 0 Å². The van der Waals surface area contributed by atoms with Gasteiger partial charge in [0.1, 0.15) is 23.7 Å². The maximum absolute atomic E-state index is 5.78. The lowest BCUT2D eigenvalue weighted by atomic mass is 10.00. The van der Waals surface area contributed by atoms with E-state index >= 15 is 0 Å². The number of pyridine rings is 1. The van der Waals surface area contributed by atoms with Gasteiger partial charge < -0.3 is 19.9 Å². The Hall–Kier alpha value is -3.19. The molecule has 1 aliphatic rings. The molecule has 3 aromatic rings. The number of hydrogen-bond donors (Lipinski definition) is 1. The predicted octanol–water partition coefficient (Wildman–Crippen LogP) is 3.90. The topological polar surface area (TPSA) is 66.4 Å². The van der Waals surface area contributed by atoms with Gasteiger partial charge in [-0.1, -0.05) is 25.1 Å². The Morgan fingerprint density at radius 3 is 2.59 bits per heavy atom. The molecule has 7 heteroatoms. The molecule has 3 heterocycles. The van der Waals surface area contributed by atoms with Gasteiger partial charge in [0.25, 0.3) is 0 Å². The second-order valence-corrected chi connectivity index (χ2v) is 8.24. The van der Waals surface area contributed by atoms with E-state index in [1.54, 1.807) is 6.33 Å². The molecule has 1 atom stereocenters. The Morgan fingerprint density at radius 2 is 1.84 bits per heavy atom. The highest BCUT2D eigenvalue weighted by atomic mass is 16.5. The quantitative estimate of drug-likeness (QED) is 0.579. The third-order valence-corrected chi connectivity index (χ3v) is 5.88. The van der Waals surface area contributed by atoms with Gasteiger partial charge >= 0.3 is 0 Å². The zero-order chi connectivity index (χ0) is 22.3. The zero-order valence-electron chi connectivity index (χ0n) is 19.2. The van der Waals surface area contributed by atoms with Crippen molar-refractivity contribution in [3.63, 3.8) is 0 Å². The molecule has 1 aliphatic heterocycles. The SMILES string of the molecule is CCOc1ccccc1C(C)CNc1cc(-c2ccc(N3CCN(C)CC3)nc2)ncn1. The van der Waals surface area contributed by atoms with Gasteiger partial charge in [-0.2, -0.15) is 0 Å². The lowest BCUT2D eigenvalue weighted by Crippen LogP contribution is -2.44. The zero-order valence-corrected chi connectivity index (χ0v) is 19.2. The Kier molecular flexibility index (Phi) is 7.17. The summed E-state index contributed by atoms with van der Waals surface area (Å²) in [4.78, 5) is 18.2. The number of hydrogen-bond acceptors (Lipinski definition) is 7. The van der Waals surface area contributed by atoms with Crippen LogP contribution in [0, 0.1) is 0 Å². The highest BCUT2D eigenvalue weighted by Crippen LogP contribution is 2.27. The summed E-state index contributed by atoms with van der Waals surface area (Å²) in [5.74, 6) is 3.05. The fourth-order valence-corrected chi connectivity index (χ4v) is 3.91. The molecule has 0 radical (unpaired) electrons. The minimum Gasteiger partial charge on any atom is -0.494 e. The van der Waals surface area contributed by atoms with Crippen LogP contribution in [0.1, 0.15) is 25.3 Å². The predicted molar refractivity (Wildman–Crippen MR) is 129 cm³/mol. The van der Waals surface area contributed by atoms with E-state index in [9.17, 15) is 0 Å². The normalized spacial score (nSPS) is 15.4. The van der Waals surface area contributed by atoms with E-state index in [0.29, 0.717) is 6.61 Å². The first kappa shape index (κ1) is 22.0. The third-order valence-electron chi connectivity index (χ3n) is 5.88. The highest BCUT2D eigenvalue weighted by Gasteiger charge is 2.15. The van der Waals surface area contributed by atoms with Crippen molar-refractivity contribution in [3.05, 3.63) is 60.6 Å². The number of nitrogens with one attached hydrogen (secondary N) is 1. The number of piperazine rings is 1. The number of anilines is 2. The van der Waals surface area contributed by atoms with Crippen molar-refractivity contribution in [2.45, 2.75) is 19.8 Å². The number of likely N-dealkylation sites (N-methyl/N-ethyl adjacent to an activating group) is 1. The second kappa shape index (κ2) is 10.4. The van der Waals surface area contributed by atoms with Crippen LogP contribution in [-0.4, -0.2) is 66.2 Å². The molecule has 4 rings (SSSR count). The van der Waals surface area contributed by atoms with Crippen LogP contribution in [0.3, 0.4) is 0 Å². The van der Waals surface area contributed by atoms with E-state index in [-0.39, 0.29) is 5.92 Å². The first-order chi connectivity index (χ1) is 15.6. The Labute approximate surface area is 190 Å². The van der Waals surface area contributed by atoms with Crippen LogP contribution in [0.4, 0.5) is 11.6 Å². The molecule has 32 heavy (non-hydrogen) atoms. The van der Waals surface area contributed by atoms with Crippen molar-refractivity contribution in [2.75, 3.05) is 56.6 Å². The highest BCUT2D eigenvalue weighted by molar-refractivity contribution is 5.62. The first-order valence-corrected chi connectivity index (χ1v) is 11.3. The molecule has 1 saturated heterocycles. The number of benzene rings is 1. The molecule has 1 N–H and O–H groups in total. The fourth-order valence-electron chi connectivity index (χ4n) is 3.91. The largest absolute Gasteiger partial charge is 0.494 e. The van der Waals surface area contributed by atoms with Gasteiger partial charge in [-0.05, 0) is 37.7 Å². The Bertz CT molecular complexity index is 1000. The first-order valence-electron chi connectivity index (χ1n) is 11.3. The summed E-state index contributed by atoms with van der Waals surface area (Å²) in [7, 11) is 2.16. The number of para-hydroxylation sites is 1. The van der Waals surface area contributed by atoms with Crippen molar-refractivity contribution in [1.29, 1.82) is 0 Å². The monoisotopic (exact) mass is 432 g/mol. The van der Waals surface area contributed by atoms with Crippen molar-refractivity contribution in [3.8, 4) is 17.0 Å². The van der Waals surface area contributed by atoms with Gasteiger partial charge in [-0.15, -0.1) is 0 Å². The molecule has 1 fully saturated rings. The van der Waals surface area contributed by atoms with Crippen LogP contribution in [0.2, 0.25) is 0 Å². The summed E-state index contributed by atoms with van der Waals surface area (Å²) < 4.78 is 5.78.